The van der Waals surface area contributed by atoms with Crippen molar-refractivity contribution >= 4 is 11.0 Å². The zero-order valence-corrected chi connectivity index (χ0v) is 6.60. The quantitative estimate of drug-likeness (QED) is 0.603. The van der Waals surface area contributed by atoms with Gasteiger partial charge in [0.15, 0.2) is 0 Å². The summed E-state index contributed by atoms with van der Waals surface area (Å²) in [5.41, 5.74) is 4.46. The van der Waals surface area contributed by atoms with Crippen LogP contribution in [0.25, 0.3) is 11.0 Å². The molecule has 1 radical (unpaired) electrons. The molecule has 0 spiro atoms. The topological polar surface area (TPSA) is 28.7 Å². The van der Waals surface area contributed by atoms with Crippen LogP contribution in [0.15, 0.2) is 12.4 Å². The number of benzene rings is 1. The first-order valence-corrected chi connectivity index (χ1v) is 3.60. The van der Waals surface area contributed by atoms with Crippen molar-refractivity contribution in [1.29, 1.82) is 0 Å². The minimum atomic E-state index is 1.03. The van der Waals surface area contributed by atoms with Crippen LogP contribution in [0.1, 0.15) is 11.1 Å². The van der Waals surface area contributed by atoms with Gasteiger partial charge >= 0.3 is 0 Å². The first kappa shape index (κ1) is 6.40. The van der Waals surface area contributed by atoms with E-state index in [1.54, 1.807) is 6.33 Å². The van der Waals surface area contributed by atoms with Gasteiger partial charge in [0.25, 0.3) is 0 Å². The summed E-state index contributed by atoms with van der Waals surface area (Å²) >= 11 is 0. The van der Waals surface area contributed by atoms with Crippen molar-refractivity contribution in [3.8, 4) is 0 Å². The minimum absolute atomic E-state index is 1.03. The maximum absolute atomic E-state index is 4.19. The molecule has 1 aromatic heterocycles. The molecule has 1 aromatic carbocycles. The molecular weight excluding hydrogens is 136 g/mol. The van der Waals surface area contributed by atoms with Crippen LogP contribution in [-0.2, 0) is 0 Å². The van der Waals surface area contributed by atoms with E-state index < -0.39 is 0 Å². The molecular formula is C9H9N2. The molecule has 0 saturated heterocycles. The maximum atomic E-state index is 4.19. The van der Waals surface area contributed by atoms with Gasteiger partial charge in [-0.3, -0.25) is 0 Å². The van der Waals surface area contributed by atoms with Gasteiger partial charge in [-0.15, -0.1) is 0 Å². The van der Waals surface area contributed by atoms with E-state index in [0.29, 0.717) is 0 Å². The van der Waals surface area contributed by atoms with Gasteiger partial charge in [-0.2, -0.15) is 0 Å². The van der Waals surface area contributed by atoms with Crippen molar-refractivity contribution in [2.75, 3.05) is 0 Å². The first-order chi connectivity index (χ1) is 5.29. The fourth-order valence-electron chi connectivity index (χ4n) is 1.24. The van der Waals surface area contributed by atoms with Crippen LogP contribution in [0.4, 0.5) is 0 Å². The fraction of sp³-hybridized carbons (Fsp3) is 0.222. The molecule has 2 aromatic rings. The lowest BCUT2D eigenvalue weighted by Gasteiger charge is -1.96. The molecule has 0 aliphatic carbocycles. The van der Waals surface area contributed by atoms with Crippen LogP contribution in [0, 0.1) is 19.9 Å². The van der Waals surface area contributed by atoms with Gasteiger partial charge < -0.3 is 4.98 Å². The number of rotatable bonds is 0. The summed E-state index contributed by atoms with van der Waals surface area (Å²) in [5.74, 6) is 0. The Morgan fingerprint density at radius 3 is 3.00 bits per heavy atom. The zero-order valence-electron chi connectivity index (χ0n) is 6.60. The number of aromatic nitrogens is 2. The molecule has 55 valence electrons. The third-order valence-electron chi connectivity index (χ3n) is 1.89. The van der Waals surface area contributed by atoms with Crippen molar-refractivity contribution in [2.45, 2.75) is 13.8 Å². The van der Waals surface area contributed by atoms with Crippen LogP contribution in [0.3, 0.4) is 0 Å². The molecule has 0 unspecified atom stereocenters. The maximum Gasteiger partial charge on any atom is 0.0932 e. The number of aromatic amines is 1. The SMILES string of the molecule is Cc1[c]cc(C)c2[nH]cnc12. The number of imidazole rings is 1. The molecule has 0 saturated carbocycles. The number of nitrogens with zero attached hydrogens (tertiary/aromatic N) is 1. The Kier molecular flexibility index (Phi) is 1.22. The Hall–Kier alpha value is -1.31. The van der Waals surface area contributed by atoms with Gasteiger partial charge in [0.05, 0.1) is 17.4 Å². The van der Waals surface area contributed by atoms with E-state index in [-0.39, 0.29) is 0 Å². The molecule has 2 heteroatoms. The predicted molar refractivity (Wildman–Crippen MR) is 44.4 cm³/mol. The van der Waals surface area contributed by atoms with Crippen LogP contribution in [0.2, 0.25) is 0 Å². The third kappa shape index (κ3) is 0.827. The molecule has 0 amide bonds. The van der Waals surface area contributed by atoms with Gasteiger partial charge in [0, 0.05) is 0 Å². The van der Waals surface area contributed by atoms with E-state index in [2.05, 4.69) is 23.0 Å². The second kappa shape index (κ2) is 2.09. The highest BCUT2D eigenvalue weighted by Gasteiger charge is 2.01. The minimum Gasteiger partial charge on any atom is -0.344 e. The van der Waals surface area contributed by atoms with E-state index in [1.165, 1.54) is 5.56 Å². The van der Waals surface area contributed by atoms with E-state index >= 15 is 0 Å². The Labute approximate surface area is 65.3 Å². The number of hydrogen-bond donors (Lipinski definition) is 1. The van der Waals surface area contributed by atoms with Gasteiger partial charge in [0.1, 0.15) is 0 Å². The molecule has 0 aliphatic heterocycles. The smallest absolute Gasteiger partial charge is 0.0932 e. The van der Waals surface area contributed by atoms with E-state index in [9.17, 15) is 0 Å². The fourth-order valence-corrected chi connectivity index (χ4v) is 1.24. The average Bonchev–Trinajstić information content (AvgIpc) is 2.45. The summed E-state index contributed by atoms with van der Waals surface area (Å²) in [5, 5.41) is 0. The third-order valence-corrected chi connectivity index (χ3v) is 1.89. The molecule has 0 fully saturated rings. The normalized spacial score (nSPS) is 10.7. The largest absolute Gasteiger partial charge is 0.344 e. The van der Waals surface area contributed by atoms with E-state index in [1.807, 2.05) is 13.0 Å². The highest BCUT2D eigenvalue weighted by molar-refractivity contribution is 5.80. The summed E-state index contributed by atoms with van der Waals surface area (Å²) in [7, 11) is 0. The highest BCUT2D eigenvalue weighted by Crippen LogP contribution is 2.16. The van der Waals surface area contributed by atoms with Gasteiger partial charge in [-0.05, 0) is 37.1 Å². The summed E-state index contributed by atoms with van der Waals surface area (Å²) in [4.78, 5) is 7.29. The summed E-state index contributed by atoms with van der Waals surface area (Å²) in [6.45, 7) is 4.07. The number of aryl methyl sites for hydroxylation is 2. The molecule has 2 nitrogen and oxygen atoms in total. The molecule has 1 heterocycles. The van der Waals surface area contributed by atoms with E-state index in [4.69, 9.17) is 0 Å². The van der Waals surface area contributed by atoms with Crippen molar-refractivity contribution in [3.63, 3.8) is 0 Å². The molecule has 0 atom stereocenters. The summed E-state index contributed by atoms with van der Waals surface area (Å²) in [6, 6.07) is 5.13. The van der Waals surface area contributed by atoms with Crippen molar-refractivity contribution in [3.05, 3.63) is 29.6 Å². The predicted octanol–water partition coefficient (Wildman–Crippen LogP) is 1.98. The standard InChI is InChI=1S/C9H9N2/c1-6-3-4-7(2)9-8(6)10-5-11-9/h3,5H,1-2H3,(H,10,11). The van der Waals surface area contributed by atoms with Crippen molar-refractivity contribution in [1.82, 2.24) is 9.97 Å². The molecule has 2 rings (SSSR count). The number of nitrogens with one attached hydrogen (secondary N) is 1. The Morgan fingerprint density at radius 2 is 2.27 bits per heavy atom. The Morgan fingerprint density at radius 1 is 1.45 bits per heavy atom. The van der Waals surface area contributed by atoms with Crippen LogP contribution in [0.5, 0.6) is 0 Å². The Bertz CT molecular complexity index is 351. The second-order valence-electron chi connectivity index (χ2n) is 2.72. The van der Waals surface area contributed by atoms with Crippen molar-refractivity contribution in [2.24, 2.45) is 0 Å². The Balaban J connectivity index is 2.96. The zero-order chi connectivity index (χ0) is 7.84. The molecule has 0 aliphatic rings. The van der Waals surface area contributed by atoms with Crippen LogP contribution < -0.4 is 0 Å². The first-order valence-electron chi connectivity index (χ1n) is 3.60. The second-order valence-corrected chi connectivity index (χ2v) is 2.72. The number of H-pyrrole nitrogens is 1. The lowest BCUT2D eigenvalue weighted by Crippen LogP contribution is -1.80. The number of hydrogen-bond acceptors (Lipinski definition) is 1. The molecule has 1 N–H and O–H groups in total. The average molecular weight is 145 g/mol. The number of fused-ring (bicyclic) bond motifs is 1. The van der Waals surface area contributed by atoms with Gasteiger partial charge in [0.2, 0.25) is 0 Å². The lowest BCUT2D eigenvalue weighted by atomic mass is 10.1. The lowest BCUT2D eigenvalue weighted by molar-refractivity contribution is 1.33. The van der Waals surface area contributed by atoms with Crippen molar-refractivity contribution < 1.29 is 0 Å². The summed E-state index contributed by atoms with van der Waals surface area (Å²) in [6.07, 6.45) is 1.72. The van der Waals surface area contributed by atoms with Gasteiger partial charge in [-0.1, -0.05) is 0 Å². The molecule has 11 heavy (non-hydrogen) atoms. The monoisotopic (exact) mass is 145 g/mol. The summed E-state index contributed by atoms with van der Waals surface area (Å²) < 4.78 is 0. The molecule has 0 bridgehead atoms. The van der Waals surface area contributed by atoms with Crippen LogP contribution in [-0.4, -0.2) is 9.97 Å². The van der Waals surface area contributed by atoms with Gasteiger partial charge in [-0.25, -0.2) is 4.98 Å². The van der Waals surface area contributed by atoms with E-state index in [0.717, 1.165) is 16.6 Å². The highest BCUT2D eigenvalue weighted by atomic mass is 14.9. The van der Waals surface area contributed by atoms with Crippen LogP contribution >= 0.6 is 0 Å².